The Balaban J connectivity index is 1.92. The third-order valence-corrected chi connectivity index (χ3v) is 2.18. The number of fused-ring (bicyclic) bond motifs is 1. The largest absolute Gasteiger partial charge is 0.311 e. The fourth-order valence-electron chi connectivity index (χ4n) is 1.53. The average Bonchev–Trinajstić information content (AvgIpc) is 1.72. The lowest BCUT2D eigenvalue weighted by molar-refractivity contribution is 0.210. The van der Waals surface area contributed by atoms with E-state index in [0.29, 0.717) is 0 Å². The van der Waals surface area contributed by atoms with Crippen LogP contribution in [0.15, 0.2) is 0 Å². The fraction of sp³-hybridized carbons (Fsp3) is 1.00. The van der Waals surface area contributed by atoms with Crippen LogP contribution in [-0.2, 0) is 0 Å². The zero-order valence-electron chi connectivity index (χ0n) is 4.98. The molecular formula is C6H12N2. The lowest BCUT2D eigenvalue weighted by Crippen LogP contribution is -2.66. The summed E-state index contributed by atoms with van der Waals surface area (Å²) in [7, 11) is 0. The van der Waals surface area contributed by atoms with Crippen molar-refractivity contribution in [3.8, 4) is 0 Å². The van der Waals surface area contributed by atoms with Crippen molar-refractivity contribution in [2.75, 3.05) is 13.1 Å². The van der Waals surface area contributed by atoms with Crippen LogP contribution in [0, 0.1) is 0 Å². The molecule has 0 amide bonds. The van der Waals surface area contributed by atoms with Crippen molar-refractivity contribution in [2.24, 2.45) is 0 Å². The molecule has 2 heteroatoms. The van der Waals surface area contributed by atoms with Gasteiger partial charge in [-0.1, -0.05) is 0 Å². The van der Waals surface area contributed by atoms with Crippen LogP contribution in [0.25, 0.3) is 0 Å². The maximum atomic E-state index is 3.46. The topological polar surface area (TPSA) is 24.1 Å². The van der Waals surface area contributed by atoms with E-state index >= 15 is 0 Å². The van der Waals surface area contributed by atoms with Gasteiger partial charge in [-0.2, -0.15) is 0 Å². The van der Waals surface area contributed by atoms with E-state index in [1.807, 2.05) is 0 Å². The van der Waals surface area contributed by atoms with Crippen LogP contribution in [0.2, 0.25) is 0 Å². The zero-order chi connectivity index (χ0) is 5.40. The summed E-state index contributed by atoms with van der Waals surface area (Å²) in [5, 5.41) is 6.84. The molecule has 2 fully saturated rings. The van der Waals surface area contributed by atoms with Crippen molar-refractivity contribution in [2.45, 2.75) is 24.9 Å². The standard InChI is InChI=1S/C6H12N2/c1-2-5-6(4-8-5)7-3-1/h5-8H,1-4H2/t5-,6-/m1/s1. The van der Waals surface area contributed by atoms with Crippen LogP contribution < -0.4 is 10.6 Å². The van der Waals surface area contributed by atoms with Gasteiger partial charge in [-0.25, -0.2) is 0 Å². The highest BCUT2D eigenvalue weighted by Crippen LogP contribution is 2.14. The Morgan fingerprint density at radius 3 is 2.50 bits per heavy atom. The Bertz CT molecular complexity index is 80.5. The number of hydrogen-bond acceptors (Lipinski definition) is 2. The van der Waals surface area contributed by atoms with Crippen LogP contribution in [0.5, 0.6) is 0 Å². The molecule has 2 N–H and O–H groups in total. The van der Waals surface area contributed by atoms with Gasteiger partial charge in [0.2, 0.25) is 0 Å². The summed E-state index contributed by atoms with van der Waals surface area (Å²) in [6.45, 7) is 2.44. The first-order valence-electron chi connectivity index (χ1n) is 3.43. The molecule has 2 saturated heterocycles. The van der Waals surface area contributed by atoms with Crippen LogP contribution in [0.1, 0.15) is 12.8 Å². The molecule has 46 valence electrons. The van der Waals surface area contributed by atoms with Gasteiger partial charge in [-0.15, -0.1) is 0 Å². The molecule has 0 saturated carbocycles. The smallest absolute Gasteiger partial charge is 0.0346 e. The molecule has 0 aromatic heterocycles. The zero-order valence-corrected chi connectivity index (χ0v) is 4.98. The van der Waals surface area contributed by atoms with Crippen LogP contribution in [0.3, 0.4) is 0 Å². The van der Waals surface area contributed by atoms with Gasteiger partial charge >= 0.3 is 0 Å². The Kier molecular flexibility index (Phi) is 1.02. The fourth-order valence-corrected chi connectivity index (χ4v) is 1.53. The Hall–Kier alpha value is -0.0800. The van der Waals surface area contributed by atoms with Gasteiger partial charge in [-0.3, -0.25) is 0 Å². The highest BCUT2D eigenvalue weighted by atomic mass is 15.1. The van der Waals surface area contributed by atoms with E-state index in [9.17, 15) is 0 Å². The van der Waals surface area contributed by atoms with Gasteiger partial charge in [0.05, 0.1) is 0 Å². The van der Waals surface area contributed by atoms with Gasteiger partial charge in [0.1, 0.15) is 0 Å². The van der Waals surface area contributed by atoms with Crippen molar-refractivity contribution < 1.29 is 0 Å². The summed E-state index contributed by atoms with van der Waals surface area (Å²) in [6.07, 6.45) is 2.74. The molecular weight excluding hydrogens is 100 g/mol. The number of rotatable bonds is 0. The van der Waals surface area contributed by atoms with E-state index in [-0.39, 0.29) is 0 Å². The number of nitrogens with one attached hydrogen (secondary N) is 2. The molecule has 2 heterocycles. The molecule has 2 rings (SSSR count). The highest BCUT2D eigenvalue weighted by Gasteiger charge is 2.31. The monoisotopic (exact) mass is 112 g/mol. The van der Waals surface area contributed by atoms with Gasteiger partial charge in [0.25, 0.3) is 0 Å². The average molecular weight is 112 g/mol. The van der Waals surface area contributed by atoms with Crippen LogP contribution in [0.4, 0.5) is 0 Å². The highest BCUT2D eigenvalue weighted by molar-refractivity contribution is 4.96. The Morgan fingerprint density at radius 1 is 1.12 bits per heavy atom. The maximum Gasteiger partial charge on any atom is 0.0346 e. The molecule has 0 aromatic carbocycles. The first-order chi connectivity index (χ1) is 3.97. The normalized spacial score (nSPS) is 45.0. The summed E-state index contributed by atoms with van der Waals surface area (Å²) >= 11 is 0. The molecule has 0 bridgehead atoms. The van der Waals surface area contributed by atoms with Gasteiger partial charge in [0.15, 0.2) is 0 Å². The van der Waals surface area contributed by atoms with E-state index in [1.165, 1.54) is 25.9 Å². The van der Waals surface area contributed by atoms with Gasteiger partial charge in [-0.05, 0) is 19.4 Å². The van der Waals surface area contributed by atoms with Crippen molar-refractivity contribution >= 4 is 0 Å². The third-order valence-electron chi connectivity index (χ3n) is 2.18. The molecule has 2 aliphatic rings. The molecule has 2 aliphatic heterocycles. The van der Waals surface area contributed by atoms with Crippen LogP contribution >= 0.6 is 0 Å². The lowest BCUT2D eigenvalue weighted by atomic mass is 9.92. The lowest BCUT2D eigenvalue weighted by Gasteiger charge is -2.42. The van der Waals surface area contributed by atoms with E-state index < -0.39 is 0 Å². The quantitative estimate of drug-likeness (QED) is 0.450. The summed E-state index contributed by atoms with van der Waals surface area (Å²) in [5.74, 6) is 0. The third kappa shape index (κ3) is 0.565. The summed E-state index contributed by atoms with van der Waals surface area (Å²) in [4.78, 5) is 0. The SMILES string of the molecule is C1CN[C@@H]2CN[C@@H]2C1. The van der Waals surface area contributed by atoms with E-state index in [0.717, 1.165) is 12.1 Å². The van der Waals surface area contributed by atoms with E-state index in [4.69, 9.17) is 0 Å². The van der Waals surface area contributed by atoms with Crippen LogP contribution in [-0.4, -0.2) is 25.2 Å². The van der Waals surface area contributed by atoms with E-state index in [1.54, 1.807) is 0 Å². The molecule has 0 aliphatic carbocycles. The minimum absolute atomic E-state index is 0.823. The second-order valence-electron chi connectivity index (χ2n) is 2.72. The molecule has 2 nitrogen and oxygen atoms in total. The summed E-state index contributed by atoms with van der Waals surface area (Å²) in [5.41, 5.74) is 0. The summed E-state index contributed by atoms with van der Waals surface area (Å²) < 4.78 is 0. The minimum atomic E-state index is 0.823. The van der Waals surface area contributed by atoms with Crippen molar-refractivity contribution in [3.05, 3.63) is 0 Å². The van der Waals surface area contributed by atoms with Gasteiger partial charge < -0.3 is 10.6 Å². The number of hydrogen-bond donors (Lipinski definition) is 2. The Morgan fingerprint density at radius 2 is 2.12 bits per heavy atom. The second kappa shape index (κ2) is 1.71. The molecule has 0 spiro atoms. The van der Waals surface area contributed by atoms with Crippen molar-refractivity contribution in [1.82, 2.24) is 10.6 Å². The molecule has 0 unspecified atom stereocenters. The van der Waals surface area contributed by atoms with E-state index in [2.05, 4.69) is 10.6 Å². The maximum absolute atomic E-state index is 3.46. The summed E-state index contributed by atoms with van der Waals surface area (Å²) in [6, 6.07) is 1.65. The molecule has 8 heavy (non-hydrogen) atoms. The molecule has 0 aromatic rings. The molecule has 2 atom stereocenters. The second-order valence-corrected chi connectivity index (χ2v) is 2.72. The Labute approximate surface area is 49.7 Å². The van der Waals surface area contributed by atoms with Gasteiger partial charge in [0, 0.05) is 18.6 Å². The molecule has 0 radical (unpaired) electrons. The van der Waals surface area contributed by atoms with Crippen molar-refractivity contribution in [1.29, 1.82) is 0 Å². The minimum Gasteiger partial charge on any atom is -0.311 e. The first-order valence-corrected chi connectivity index (χ1v) is 3.43. The van der Waals surface area contributed by atoms with Crippen molar-refractivity contribution in [3.63, 3.8) is 0 Å². The predicted molar refractivity (Wildman–Crippen MR) is 32.8 cm³/mol. The first kappa shape index (κ1) is 4.77. The predicted octanol–water partition coefficient (Wildman–Crippen LogP) is -0.290. The number of piperidine rings is 1.